The van der Waals surface area contributed by atoms with Crippen molar-refractivity contribution in [2.75, 3.05) is 0 Å². The van der Waals surface area contributed by atoms with E-state index in [0.29, 0.717) is 10.8 Å². The predicted octanol–water partition coefficient (Wildman–Crippen LogP) is 7.53. The molecule has 1 aromatic heterocycles. The summed E-state index contributed by atoms with van der Waals surface area (Å²) < 4.78 is 12.5. The highest BCUT2D eigenvalue weighted by molar-refractivity contribution is 7.80. The van der Waals surface area contributed by atoms with Gasteiger partial charge in [0, 0.05) is 16.3 Å². The number of benzene rings is 3. The third-order valence-electron chi connectivity index (χ3n) is 6.01. The predicted molar refractivity (Wildman–Crippen MR) is 136 cm³/mol. The molecule has 0 aliphatic carbocycles. The highest BCUT2D eigenvalue weighted by Gasteiger charge is 2.38. The third kappa shape index (κ3) is 4.34. The van der Waals surface area contributed by atoms with Crippen LogP contribution in [0.4, 0.5) is 0 Å². The molecule has 3 nitrogen and oxygen atoms in total. The van der Waals surface area contributed by atoms with Crippen molar-refractivity contribution in [3.8, 4) is 11.5 Å². The first-order valence-electron chi connectivity index (χ1n) is 10.4. The summed E-state index contributed by atoms with van der Waals surface area (Å²) in [6, 6.07) is 23.8. The van der Waals surface area contributed by atoms with Crippen molar-refractivity contribution in [1.29, 1.82) is 0 Å². The van der Waals surface area contributed by atoms with Crippen LogP contribution in [0.15, 0.2) is 72.8 Å². The number of para-hydroxylation sites is 2. The van der Waals surface area contributed by atoms with Gasteiger partial charge in [0.25, 0.3) is 0 Å². The number of fused-ring (bicyclic) bond motifs is 2. The third-order valence-corrected chi connectivity index (χ3v) is 10.7. The lowest BCUT2D eigenvalue weighted by Gasteiger charge is -2.36. The molecule has 4 rings (SSSR count). The molecule has 0 N–H and O–H groups in total. The molecule has 158 valence electrons. The van der Waals surface area contributed by atoms with Crippen molar-refractivity contribution in [1.82, 2.24) is 4.98 Å². The van der Waals surface area contributed by atoms with Crippen LogP contribution in [0.3, 0.4) is 0 Å². The van der Waals surface area contributed by atoms with E-state index < -0.39 is 8.32 Å². The van der Waals surface area contributed by atoms with E-state index in [4.69, 9.17) is 26.4 Å². The zero-order valence-corrected chi connectivity index (χ0v) is 20.4. The van der Waals surface area contributed by atoms with E-state index in [2.05, 4.69) is 33.9 Å². The van der Waals surface area contributed by atoms with Gasteiger partial charge in [0.2, 0.25) is 8.32 Å². The molecule has 0 saturated heterocycles. The van der Waals surface area contributed by atoms with Crippen LogP contribution in [0.2, 0.25) is 18.1 Å². The van der Waals surface area contributed by atoms with Gasteiger partial charge in [-0.05, 0) is 66.7 Å². The van der Waals surface area contributed by atoms with Gasteiger partial charge in [-0.3, -0.25) is 0 Å². The fourth-order valence-electron chi connectivity index (χ4n) is 3.24. The van der Waals surface area contributed by atoms with Gasteiger partial charge in [0.15, 0.2) is 5.05 Å². The Bertz CT molecular complexity index is 1210. The Balaban J connectivity index is 1.64. The first-order chi connectivity index (χ1) is 14.7. The molecule has 31 heavy (non-hydrogen) atoms. The average molecular weight is 446 g/mol. The van der Waals surface area contributed by atoms with Gasteiger partial charge in [-0.2, -0.15) is 0 Å². The molecular formula is C26H27NO2SSi. The average Bonchev–Trinajstić information content (AvgIpc) is 2.72. The molecule has 0 spiro atoms. The molecule has 3 aromatic carbocycles. The highest BCUT2D eigenvalue weighted by atomic mass is 32.1. The van der Waals surface area contributed by atoms with Gasteiger partial charge in [-0.25, -0.2) is 4.98 Å². The van der Waals surface area contributed by atoms with Crippen LogP contribution in [0.5, 0.6) is 11.5 Å². The molecule has 0 amide bonds. The summed E-state index contributed by atoms with van der Waals surface area (Å²) >= 11 is 5.75. The van der Waals surface area contributed by atoms with Gasteiger partial charge in [-0.15, -0.1) is 0 Å². The van der Waals surface area contributed by atoms with Crippen molar-refractivity contribution >= 4 is 47.4 Å². The van der Waals surface area contributed by atoms with Gasteiger partial charge < -0.3 is 9.16 Å². The van der Waals surface area contributed by atoms with Crippen LogP contribution in [0.1, 0.15) is 26.3 Å². The summed E-state index contributed by atoms with van der Waals surface area (Å²) in [5.41, 5.74) is 2.71. The standard InChI is InChI=1S/C26H27NO2SSi/c1-26(2,3)31(4,5)29-19-16-14-18(15-17-19)28-25(30)24-20-10-6-8-12-22(20)27-23-13-9-7-11-21(23)24/h6-17H,1-5H3. The van der Waals surface area contributed by atoms with Crippen molar-refractivity contribution in [3.05, 3.63) is 78.4 Å². The lowest BCUT2D eigenvalue weighted by Crippen LogP contribution is -2.43. The number of rotatable bonds is 4. The highest BCUT2D eigenvalue weighted by Crippen LogP contribution is 2.37. The molecule has 0 atom stereocenters. The number of nitrogens with zero attached hydrogens (tertiary/aromatic N) is 1. The fraction of sp³-hybridized carbons (Fsp3) is 0.231. The van der Waals surface area contributed by atoms with Crippen LogP contribution >= 0.6 is 12.2 Å². The van der Waals surface area contributed by atoms with E-state index in [9.17, 15) is 0 Å². The van der Waals surface area contributed by atoms with Gasteiger partial charge in [0.1, 0.15) is 11.5 Å². The lowest BCUT2D eigenvalue weighted by atomic mass is 10.0. The maximum atomic E-state index is 6.37. The number of hydrogen-bond donors (Lipinski definition) is 0. The van der Waals surface area contributed by atoms with Crippen molar-refractivity contribution in [2.24, 2.45) is 0 Å². The van der Waals surface area contributed by atoms with E-state index in [1.807, 2.05) is 72.8 Å². The second-order valence-electron chi connectivity index (χ2n) is 9.24. The molecule has 1 heterocycles. The fourth-order valence-corrected chi connectivity index (χ4v) is 4.59. The summed E-state index contributed by atoms with van der Waals surface area (Å²) in [6.07, 6.45) is 0. The maximum Gasteiger partial charge on any atom is 0.250 e. The van der Waals surface area contributed by atoms with Gasteiger partial charge in [0.05, 0.1) is 11.0 Å². The van der Waals surface area contributed by atoms with Gasteiger partial charge >= 0.3 is 0 Å². The van der Waals surface area contributed by atoms with E-state index >= 15 is 0 Å². The first kappa shape index (κ1) is 21.5. The zero-order valence-electron chi connectivity index (χ0n) is 18.6. The maximum absolute atomic E-state index is 6.37. The van der Waals surface area contributed by atoms with E-state index in [1.54, 1.807) is 0 Å². The molecule has 4 aromatic rings. The van der Waals surface area contributed by atoms with E-state index in [-0.39, 0.29) is 5.04 Å². The van der Waals surface area contributed by atoms with Crippen molar-refractivity contribution < 1.29 is 9.16 Å². The number of pyridine rings is 1. The molecule has 0 radical (unpaired) electrons. The number of ether oxygens (including phenoxy) is 1. The minimum absolute atomic E-state index is 0.146. The van der Waals surface area contributed by atoms with Crippen LogP contribution < -0.4 is 9.16 Å². The molecule has 0 aliphatic rings. The lowest BCUT2D eigenvalue weighted by molar-refractivity contribution is 0.490. The summed E-state index contributed by atoms with van der Waals surface area (Å²) in [6.45, 7) is 11.2. The minimum atomic E-state index is -1.88. The molecule has 0 unspecified atom stereocenters. The Morgan fingerprint density at radius 2 is 1.26 bits per heavy atom. The Kier molecular flexibility index (Phi) is 5.58. The summed E-state index contributed by atoms with van der Waals surface area (Å²) in [5, 5.41) is 2.56. The number of hydrogen-bond acceptors (Lipinski definition) is 4. The molecule has 0 bridgehead atoms. The molecule has 0 saturated carbocycles. The molecule has 5 heteroatoms. The summed E-state index contributed by atoms with van der Waals surface area (Å²) in [4.78, 5) is 4.77. The molecular weight excluding hydrogens is 418 g/mol. The Morgan fingerprint density at radius 1 is 0.774 bits per heavy atom. The van der Waals surface area contributed by atoms with Gasteiger partial charge in [-0.1, -0.05) is 57.2 Å². The molecule has 0 aliphatic heterocycles. The second kappa shape index (κ2) is 8.06. The Labute approximate surface area is 190 Å². The second-order valence-corrected chi connectivity index (χ2v) is 14.3. The quantitative estimate of drug-likeness (QED) is 0.185. The molecule has 0 fully saturated rings. The Morgan fingerprint density at radius 3 is 1.77 bits per heavy atom. The van der Waals surface area contributed by atoms with E-state index in [0.717, 1.165) is 33.1 Å². The largest absolute Gasteiger partial charge is 0.543 e. The zero-order chi connectivity index (χ0) is 22.2. The van der Waals surface area contributed by atoms with E-state index in [1.165, 1.54) is 0 Å². The number of thiocarbonyl (C=S) groups is 1. The SMILES string of the molecule is CC(C)(C)[Si](C)(C)Oc1ccc(OC(=S)c2c3ccccc3nc3ccccc23)cc1. The van der Waals surface area contributed by atoms with Crippen molar-refractivity contribution in [3.63, 3.8) is 0 Å². The topological polar surface area (TPSA) is 31.4 Å². The Hall–Kier alpha value is -2.76. The van der Waals surface area contributed by atoms with Crippen molar-refractivity contribution in [2.45, 2.75) is 38.9 Å². The monoisotopic (exact) mass is 445 g/mol. The minimum Gasteiger partial charge on any atom is -0.543 e. The smallest absolute Gasteiger partial charge is 0.250 e. The van der Waals surface area contributed by atoms with Crippen LogP contribution in [0, 0.1) is 0 Å². The normalized spacial score (nSPS) is 12.2. The first-order valence-corrected chi connectivity index (χ1v) is 13.8. The van der Waals surface area contributed by atoms with Crippen LogP contribution in [-0.2, 0) is 0 Å². The van der Waals surface area contributed by atoms with Crippen LogP contribution in [-0.4, -0.2) is 18.4 Å². The number of aromatic nitrogens is 1. The van der Waals surface area contributed by atoms with Crippen LogP contribution in [0.25, 0.3) is 21.8 Å². The summed E-state index contributed by atoms with van der Waals surface area (Å²) in [7, 11) is -1.88. The summed E-state index contributed by atoms with van der Waals surface area (Å²) in [5.74, 6) is 1.56.